The maximum absolute atomic E-state index is 12.0. The highest BCUT2D eigenvalue weighted by Crippen LogP contribution is 2.43. The van der Waals surface area contributed by atoms with Crippen molar-refractivity contribution in [3.8, 4) is 0 Å². The van der Waals surface area contributed by atoms with Gasteiger partial charge in [0.2, 0.25) is 5.91 Å². The highest BCUT2D eigenvalue weighted by atomic mass is 16.3. The zero-order valence-corrected chi connectivity index (χ0v) is 10.5. The number of hydrogen-bond acceptors (Lipinski definition) is 3. The molecule has 0 unspecified atom stereocenters. The van der Waals surface area contributed by atoms with Crippen LogP contribution in [0.25, 0.3) is 0 Å². The Morgan fingerprint density at radius 2 is 2.22 bits per heavy atom. The summed E-state index contributed by atoms with van der Waals surface area (Å²) in [6.45, 7) is 0.563. The van der Waals surface area contributed by atoms with Crippen molar-refractivity contribution < 1.29 is 9.90 Å². The van der Waals surface area contributed by atoms with Crippen molar-refractivity contribution in [3.63, 3.8) is 0 Å². The standard InChI is InChI=1S/C14H20N2O2/c15-10-14(5-2-6-14)8-13(18)16-12-4-1-3-11(7-12)9-17/h1,3-4,7,17H,2,5-6,8-10,15H2,(H,16,18). The van der Waals surface area contributed by atoms with Gasteiger partial charge in [-0.15, -0.1) is 0 Å². The lowest BCUT2D eigenvalue weighted by Crippen LogP contribution is -2.40. The number of hydrogen-bond donors (Lipinski definition) is 3. The third-order valence-corrected chi connectivity index (χ3v) is 3.78. The van der Waals surface area contributed by atoms with Crippen LogP contribution >= 0.6 is 0 Å². The highest BCUT2D eigenvalue weighted by Gasteiger charge is 2.37. The van der Waals surface area contributed by atoms with Crippen LogP contribution in [-0.4, -0.2) is 17.6 Å². The van der Waals surface area contributed by atoms with Crippen LogP contribution in [0.2, 0.25) is 0 Å². The molecule has 18 heavy (non-hydrogen) atoms. The average molecular weight is 248 g/mol. The molecule has 0 bridgehead atoms. The molecular weight excluding hydrogens is 228 g/mol. The maximum atomic E-state index is 12.0. The quantitative estimate of drug-likeness (QED) is 0.741. The van der Waals surface area contributed by atoms with Crippen molar-refractivity contribution >= 4 is 11.6 Å². The van der Waals surface area contributed by atoms with Crippen LogP contribution in [0.5, 0.6) is 0 Å². The molecule has 4 heteroatoms. The summed E-state index contributed by atoms with van der Waals surface area (Å²) in [6, 6.07) is 7.26. The van der Waals surface area contributed by atoms with Gasteiger partial charge < -0.3 is 16.2 Å². The number of carbonyl (C=O) groups is 1. The Kier molecular flexibility index (Phi) is 3.99. The molecule has 0 aliphatic heterocycles. The molecule has 4 nitrogen and oxygen atoms in total. The molecule has 1 saturated carbocycles. The zero-order chi connectivity index (χ0) is 13.0. The van der Waals surface area contributed by atoms with Gasteiger partial charge in [0.25, 0.3) is 0 Å². The summed E-state index contributed by atoms with van der Waals surface area (Å²) < 4.78 is 0. The Labute approximate surface area is 107 Å². The van der Waals surface area contributed by atoms with Crippen LogP contribution in [-0.2, 0) is 11.4 Å². The van der Waals surface area contributed by atoms with Crippen molar-refractivity contribution in [3.05, 3.63) is 29.8 Å². The Morgan fingerprint density at radius 1 is 1.44 bits per heavy atom. The first-order valence-corrected chi connectivity index (χ1v) is 6.37. The second-order valence-corrected chi connectivity index (χ2v) is 5.14. The lowest BCUT2D eigenvalue weighted by atomic mass is 9.66. The van der Waals surface area contributed by atoms with Gasteiger partial charge >= 0.3 is 0 Å². The number of anilines is 1. The fourth-order valence-electron chi connectivity index (χ4n) is 2.42. The molecule has 4 N–H and O–H groups in total. The number of aliphatic hydroxyl groups is 1. The number of carbonyl (C=O) groups excluding carboxylic acids is 1. The molecule has 0 spiro atoms. The van der Waals surface area contributed by atoms with E-state index < -0.39 is 0 Å². The first-order chi connectivity index (χ1) is 8.67. The largest absolute Gasteiger partial charge is 0.392 e. The van der Waals surface area contributed by atoms with Crippen LogP contribution < -0.4 is 11.1 Å². The normalized spacial score (nSPS) is 17.0. The predicted octanol–water partition coefficient (Wildman–Crippen LogP) is 1.64. The summed E-state index contributed by atoms with van der Waals surface area (Å²) in [5.74, 6) is 0.00948. The van der Waals surface area contributed by atoms with E-state index in [1.54, 1.807) is 6.07 Å². The fourth-order valence-corrected chi connectivity index (χ4v) is 2.42. The Bertz CT molecular complexity index is 422. The minimum atomic E-state index is -0.0174. The molecular formula is C14H20N2O2. The Hall–Kier alpha value is -1.39. The number of benzene rings is 1. The van der Waals surface area contributed by atoms with Crippen LogP contribution in [0.4, 0.5) is 5.69 Å². The second kappa shape index (κ2) is 5.50. The molecule has 1 aliphatic carbocycles. The molecule has 0 atom stereocenters. The number of amides is 1. The van der Waals surface area contributed by atoms with E-state index in [0.717, 1.165) is 24.1 Å². The lowest BCUT2D eigenvalue weighted by Gasteiger charge is -2.40. The Morgan fingerprint density at radius 3 is 2.78 bits per heavy atom. The maximum Gasteiger partial charge on any atom is 0.224 e. The van der Waals surface area contributed by atoms with E-state index in [1.807, 2.05) is 18.2 Å². The summed E-state index contributed by atoms with van der Waals surface area (Å²) in [6.07, 6.45) is 3.76. The van der Waals surface area contributed by atoms with E-state index in [9.17, 15) is 4.79 Å². The van der Waals surface area contributed by atoms with Crippen molar-refractivity contribution in [1.29, 1.82) is 0 Å². The van der Waals surface area contributed by atoms with Gasteiger partial charge in [0.15, 0.2) is 0 Å². The molecule has 0 heterocycles. The van der Waals surface area contributed by atoms with Crippen LogP contribution in [0.3, 0.4) is 0 Å². The number of nitrogens with one attached hydrogen (secondary N) is 1. The zero-order valence-electron chi connectivity index (χ0n) is 10.5. The molecule has 1 aromatic rings. The molecule has 0 saturated heterocycles. The molecule has 1 aliphatic rings. The first-order valence-electron chi connectivity index (χ1n) is 6.37. The molecule has 0 radical (unpaired) electrons. The van der Waals surface area contributed by atoms with Crippen molar-refractivity contribution in [2.24, 2.45) is 11.1 Å². The highest BCUT2D eigenvalue weighted by molar-refractivity contribution is 5.91. The van der Waals surface area contributed by atoms with Crippen molar-refractivity contribution in [2.45, 2.75) is 32.3 Å². The molecule has 98 valence electrons. The van der Waals surface area contributed by atoms with E-state index in [4.69, 9.17) is 10.8 Å². The lowest BCUT2D eigenvalue weighted by molar-refractivity contribution is -0.119. The third kappa shape index (κ3) is 2.89. The van der Waals surface area contributed by atoms with Crippen LogP contribution in [0, 0.1) is 5.41 Å². The summed E-state index contributed by atoms with van der Waals surface area (Å²) in [5, 5.41) is 11.9. The summed E-state index contributed by atoms with van der Waals surface area (Å²) in [5.41, 5.74) is 7.30. The minimum Gasteiger partial charge on any atom is -0.392 e. The van der Waals surface area contributed by atoms with Gasteiger partial charge in [0, 0.05) is 12.1 Å². The monoisotopic (exact) mass is 248 g/mol. The predicted molar refractivity (Wildman–Crippen MR) is 70.9 cm³/mol. The van der Waals surface area contributed by atoms with E-state index in [2.05, 4.69) is 5.32 Å². The van der Waals surface area contributed by atoms with Crippen molar-refractivity contribution in [2.75, 3.05) is 11.9 Å². The second-order valence-electron chi connectivity index (χ2n) is 5.14. The van der Waals surface area contributed by atoms with E-state index in [0.29, 0.717) is 13.0 Å². The van der Waals surface area contributed by atoms with E-state index in [-0.39, 0.29) is 17.9 Å². The number of rotatable bonds is 5. The Balaban J connectivity index is 1.94. The molecule has 0 aromatic heterocycles. The number of nitrogens with two attached hydrogens (primary N) is 1. The van der Waals surface area contributed by atoms with Gasteiger partial charge in [-0.05, 0) is 42.5 Å². The molecule has 1 fully saturated rings. The van der Waals surface area contributed by atoms with Gasteiger partial charge in [0.1, 0.15) is 0 Å². The molecule has 1 amide bonds. The smallest absolute Gasteiger partial charge is 0.224 e. The first kappa shape index (κ1) is 13.1. The summed E-state index contributed by atoms with van der Waals surface area (Å²) in [4.78, 5) is 12.0. The molecule has 2 rings (SSSR count). The van der Waals surface area contributed by atoms with E-state index in [1.165, 1.54) is 6.42 Å². The van der Waals surface area contributed by atoms with Gasteiger partial charge in [-0.25, -0.2) is 0 Å². The average Bonchev–Trinajstić information content (AvgIpc) is 2.34. The minimum absolute atomic E-state index is 0.00948. The number of aliphatic hydroxyl groups excluding tert-OH is 1. The van der Waals surface area contributed by atoms with Crippen molar-refractivity contribution in [1.82, 2.24) is 0 Å². The summed E-state index contributed by atoms with van der Waals surface area (Å²) in [7, 11) is 0. The van der Waals surface area contributed by atoms with E-state index >= 15 is 0 Å². The SMILES string of the molecule is NCC1(CC(=O)Nc2cccc(CO)c2)CCC1. The van der Waals surface area contributed by atoms with Gasteiger partial charge in [0.05, 0.1) is 6.61 Å². The third-order valence-electron chi connectivity index (χ3n) is 3.78. The summed E-state index contributed by atoms with van der Waals surface area (Å²) >= 11 is 0. The van der Waals surface area contributed by atoms with Crippen LogP contribution in [0.1, 0.15) is 31.2 Å². The van der Waals surface area contributed by atoms with Gasteiger partial charge in [-0.3, -0.25) is 4.79 Å². The fraction of sp³-hybridized carbons (Fsp3) is 0.500. The van der Waals surface area contributed by atoms with Gasteiger partial charge in [-0.2, -0.15) is 0 Å². The topological polar surface area (TPSA) is 75.4 Å². The molecule has 1 aromatic carbocycles. The van der Waals surface area contributed by atoms with Gasteiger partial charge in [-0.1, -0.05) is 18.6 Å². The van der Waals surface area contributed by atoms with Crippen LogP contribution in [0.15, 0.2) is 24.3 Å².